The van der Waals surface area contributed by atoms with E-state index in [1.54, 1.807) is 0 Å². The van der Waals surface area contributed by atoms with Gasteiger partial charge in [-0.25, -0.2) is 0 Å². The summed E-state index contributed by atoms with van der Waals surface area (Å²) in [7, 11) is 0. The molecular formula is C13H20N2OS. The van der Waals surface area contributed by atoms with Crippen molar-refractivity contribution >= 4 is 23.4 Å². The third-order valence-corrected chi connectivity index (χ3v) is 3.61. The van der Waals surface area contributed by atoms with Crippen LogP contribution in [-0.4, -0.2) is 18.2 Å². The molecule has 0 fully saturated rings. The molecule has 0 heterocycles. The van der Waals surface area contributed by atoms with Crippen molar-refractivity contribution in [1.82, 2.24) is 5.32 Å². The number of carbonyl (C=O) groups is 1. The Morgan fingerprint density at radius 2 is 2.06 bits per heavy atom. The number of benzene rings is 1. The van der Waals surface area contributed by atoms with Crippen LogP contribution in [0.5, 0.6) is 0 Å². The normalized spacial score (nSPS) is 12.1. The summed E-state index contributed by atoms with van der Waals surface area (Å²) in [5.74, 6) is 1.09. The van der Waals surface area contributed by atoms with E-state index in [9.17, 15) is 4.79 Å². The first-order chi connectivity index (χ1) is 8.11. The first-order valence-electron chi connectivity index (χ1n) is 5.87. The summed E-state index contributed by atoms with van der Waals surface area (Å²) in [4.78, 5) is 12.6. The van der Waals surface area contributed by atoms with E-state index in [0.29, 0.717) is 11.7 Å². The number of thioether (sulfide) groups is 1. The number of nitrogens with one attached hydrogen (secondary N) is 1. The minimum atomic E-state index is 0.0899. The van der Waals surface area contributed by atoms with Gasteiger partial charge in [-0.2, -0.15) is 0 Å². The molecule has 1 amide bonds. The minimum Gasteiger partial charge on any atom is -0.399 e. The average molecular weight is 252 g/mol. The molecule has 0 radical (unpaired) electrons. The van der Waals surface area contributed by atoms with Gasteiger partial charge in [-0.05, 0) is 30.2 Å². The zero-order chi connectivity index (χ0) is 12.7. The Balaban J connectivity index is 2.26. The summed E-state index contributed by atoms with van der Waals surface area (Å²) in [5, 5.41) is 2.93. The predicted octanol–water partition coefficient (Wildman–Crippen LogP) is 2.52. The molecule has 1 unspecified atom stereocenters. The largest absolute Gasteiger partial charge is 0.399 e. The number of nitrogens with two attached hydrogens (primary N) is 1. The maximum atomic E-state index is 11.5. The first kappa shape index (κ1) is 13.9. The van der Waals surface area contributed by atoms with E-state index < -0.39 is 0 Å². The molecular weight excluding hydrogens is 232 g/mol. The first-order valence-corrected chi connectivity index (χ1v) is 6.85. The van der Waals surface area contributed by atoms with Crippen LogP contribution < -0.4 is 11.1 Å². The number of nitrogen functional groups attached to an aromatic ring is 1. The van der Waals surface area contributed by atoms with Crippen molar-refractivity contribution in [2.75, 3.05) is 18.0 Å². The standard InChI is InChI=1S/C13H20N2OS/c1-3-10(2)8-15-13(16)9-17-12-6-4-11(14)5-7-12/h4-7,10H,3,8-9,14H2,1-2H3,(H,15,16). The Morgan fingerprint density at radius 1 is 1.41 bits per heavy atom. The van der Waals surface area contributed by atoms with Crippen molar-refractivity contribution in [1.29, 1.82) is 0 Å². The minimum absolute atomic E-state index is 0.0899. The second-order valence-electron chi connectivity index (χ2n) is 4.18. The third-order valence-electron chi connectivity index (χ3n) is 2.59. The van der Waals surface area contributed by atoms with Gasteiger partial charge in [0.05, 0.1) is 5.75 Å². The van der Waals surface area contributed by atoms with Gasteiger partial charge >= 0.3 is 0 Å². The summed E-state index contributed by atoms with van der Waals surface area (Å²) in [6, 6.07) is 7.56. The fourth-order valence-corrected chi connectivity index (χ4v) is 1.92. The van der Waals surface area contributed by atoms with Gasteiger partial charge in [0.15, 0.2) is 0 Å². The lowest BCUT2D eigenvalue weighted by molar-refractivity contribution is -0.118. The summed E-state index contributed by atoms with van der Waals surface area (Å²) in [6.45, 7) is 5.02. The third kappa shape index (κ3) is 5.63. The van der Waals surface area contributed by atoms with Crippen LogP contribution in [0, 0.1) is 5.92 Å². The molecule has 94 valence electrons. The predicted molar refractivity (Wildman–Crippen MR) is 74.0 cm³/mol. The highest BCUT2D eigenvalue weighted by Gasteiger charge is 2.04. The number of hydrogen-bond acceptors (Lipinski definition) is 3. The zero-order valence-electron chi connectivity index (χ0n) is 10.4. The van der Waals surface area contributed by atoms with Crippen LogP contribution >= 0.6 is 11.8 Å². The number of hydrogen-bond donors (Lipinski definition) is 2. The molecule has 4 heteroatoms. The van der Waals surface area contributed by atoms with E-state index >= 15 is 0 Å². The van der Waals surface area contributed by atoms with Crippen molar-refractivity contribution in [3.63, 3.8) is 0 Å². The SMILES string of the molecule is CCC(C)CNC(=O)CSc1ccc(N)cc1. The van der Waals surface area contributed by atoms with E-state index in [1.807, 2.05) is 24.3 Å². The van der Waals surface area contributed by atoms with E-state index in [2.05, 4.69) is 19.2 Å². The molecule has 0 aliphatic heterocycles. The number of amides is 1. The molecule has 17 heavy (non-hydrogen) atoms. The van der Waals surface area contributed by atoms with Crippen molar-refractivity contribution in [2.24, 2.45) is 5.92 Å². The molecule has 0 bridgehead atoms. The van der Waals surface area contributed by atoms with Crippen molar-refractivity contribution in [2.45, 2.75) is 25.2 Å². The fraction of sp³-hybridized carbons (Fsp3) is 0.462. The van der Waals surface area contributed by atoms with Gasteiger partial charge in [-0.1, -0.05) is 20.3 Å². The topological polar surface area (TPSA) is 55.1 Å². The molecule has 0 aliphatic carbocycles. The maximum Gasteiger partial charge on any atom is 0.230 e. The van der Waals surface area contributed by atoms with Crippen LogP contribution in [0.25, 0.3) is 0 Å². The second-order valence-corrected chi connectivity index (χ2v) is 5.22. The van der Waals surface area contributed by atoms with Crippen molar-refractivity contribution in [3.8, 4) is 0 Å². The molecule has 0 aliphatic rings. The van der Waals surface area contributed by atoms with Gasteiger partial charge in [-0.3, -0.25) is 4.79 Å². The Bertz CT molecular complexity index is 351. The molecule has 0 saturated heterocycles. The molecule has 1 rings (SSSR count). The molecule has 0 aromatic heterocycles. The summed E-state index contributed by atoms with van der Waals surface area (Å²) in [6.07, 6.45) is 1.09. The van der Waals surface area contributed by atoms with Crippen LogP contribution in [0.2, 0.25) is 0 Å². The van der Waals surface area contributed by atoms with E-state index in [-0.39, 0.29) is 5.91 Å². The number of anilines is 1. The van der Waals surface area contributed by atoms with Gasteiger partial charge in [0.1, 0.15) is 0 Å². The molecule has 3 N–H and O–H groups in total. The maximum absolute atomic E-state index is 11.5. The molecule has 0 saturated carbocycles. The highest BCUT2D eigenvalue weighted by Crippen LogP contribution is 2.18. The van der Waals surface area contributed by atoms with Crippen molar-refractivity contribution < 1.29 is 4.79 Å². The van der Waals surface area contributed by atoms with Crippen LogP contribution in [0.1, 0.15) is 20.3 Å². The molecule has 0 spiro atoms. The Labute approximate surface area is 107 Å². The Morgan fingerprint density at radius 3 is 2.65 bits per heavy atom. The summed E-state index contributed by atoms with van der Waals surface area (Å²) < 4.78 is 0. The van der Waals surface area contributed by atoms with E-state index in [0.717, 1.165) is 23.5 Å². The monoisotopic (exact) mass is 252 g/mol. The molecule has 1 aromatic rings. The van der Waals surface area contributed by atoms with Gasteiger partial charge in [0.2, 0.25) is 5.91 Å². The van der Waals surface area contributed by atoms with E-state index in [1.165, 1.54) is 11.8 Å². The molecule has 1 atom stereocenters. The highest BCUT2D eigenvalue weighted by atomic mass is 32.2. The van der Waals surface area contributed by atoms with Gasteiger partial charge in [0.25, 0.3) is 0 Å². The van der Waals surface area contributed by atoms with Crippen molar-refractivity contribution in [3.05, 3.63) is 24.3 Å². The van der Waals surface area contributed by atoms with Gasteiger partial charge in [0, 0.05) is 17.1 Å². The summed E-state index contributed by atoms with van der Waals surface area (Å²) >= 11 is 1.53. The second kappa shape index (κ2) is 7.22. The number of rotatable bonds is 6. The highest BCUT2D eigenvalue weighted by molar-refractivity contribution is 8.00. The lowest BCUT2D eigenvalue weighted by Crippen LogP contribution is -2.29. The Kier molecular flexibility index (Phi) is 5.91. The fourth-order valence-electron chi connectivity index (χ4n) is 1.20. The Hall–Kier alpha value is -1.16. The smallest absolute Gasteiger partial charge is 0.230 e. The summed E-state index contributed by atoms with van der Waals surface area (Å²) in [5.41, 5.74) is 6.34. The van der Waals surface area contributed by atoms with Crippen LogP contribution in [0.4, 0.5) is 5.69 Å². The molecule has 1 aromatic carbocycles. The average Bonchev–Trinajstić information content (AvgIpc) is 2.35. The molecule has 3 nitrogen and oxygen atoms in total. The van der Waals surface area contributed by atoms with Crippen LogP contribution in [0.3, 0.4) is 0 Å². The van der Waals surface area contributed by atoms with E-state index in [4.69, 9.17) is 5.73 Å². The zero-order valence-corrected chi connectivity index (χ0v) is 11.2. The van der Waals surface area contributed by atoms with Gasteiger partial charge < -0.3 is 11.1 Å². The van der Waals surface area contributed by atoms with Crippen LogP contribution in [0.15, 0.2) is 29.2 Å². The number of carbonyl (C=O) groups excluding carboxylic acids is 1. The lowest BCUT2D eigenvalue weighted by Gasteiger charge is -2.09. The lowest BCUT2D eigenvalue weighted by atomic mass is 10.1. The van der Waals surface area contributed by atoms with Gasteiger partial charge in [-0.15, -0.1) is 11.8 Å². The quantitative estimate of drug-likeness (QED) is 0.604. The van der Waals surface area contributed by atoms with Crippen LogP contribution in [-0.2, 0) is 4.79 Å².